The van der Waals surface area contributed by atoms with Gasteiger partial charge in [-0.15, -0.1) is 0 Å². The van der Waals surface area contributed by atoms with Crippen LogP contribution in [0, 0.1) is 28.6 Å². The predicted molar refractivity (Wildman–Crippen MR) is 140 cm³/mol. The van der Waals surface area contributed by atoms with Crippen LogP contribution in [0.3, 0.4) is 0 Å². The molecule has 0 amide bonds. The second-order valence-corrected chi connectivity index (χ2v) is 11.9. The Hall–Kier alpha value is -1.42. The molecule has 0 aliphatic heterocycles. The lowest BCUT2D eigenvalue weighted by Gasteiger charge is -2.44. The van der Waals surface area contributed by atoms with E-state index >= 15 is 0 Å². The fourth-order valence-electron chi connectivity index (χ4n) is 7.27. The molecule has 4 aliphatic rings. The number of allylic oxidation sites excluding steroid dienone is 5. The van der Waals surface area contributed by atoms with Crippen LogP contribution in [0.1, 0.15) is 85.0 Å². The second kappa shape index (κ2) is 10.3. The average Bonchev–Trinajstić information content (AvgIpc) is 3.51. The van der Waals surface area contributed by atoms with Crippen molar-refractivity contribution >= 4 is 0 Å². The zero-order valence-corrected chi connectivity index (χ0v) is 21.5. The Labute approximate surface area is 207 Å². The Morgan fingerprint density at radius 2 is 1.88 bits per heavy atom. The van der Waals surface area contributed by atoms with E-state index in [1.807, 2.05) is 0 Å². The fraction of sp³-hybridized carbons (Fsp3) is 0.677. The van der Waals surface area contributed by atoms with Gasteiger partial charge in [0.15, 0.2) is 0 Å². The SMILES string of the molecule is C=C1C(=CC=C2CCC[C@]3(C)[C@@H]([C@H](C)C=C[C@H](O)C4(C=CCC)CC4)CC[C@@H]23)C[C@@H](O)C[C@@H]1O. The van der Waals surface area contributed by atoms with Gasteiger partial charge >= 0.3 is 0 Å². The Morgan fingerprint density at radius 1 is 1.12 bits per heavy atom. The summed E-state index contributed by atoms with van der Waals surface area (Å²) in [6, 6.07) is 0. The molecule has 34 heavy (non-hydrogen) atoms. The van der Waals surface area contributed by atoms with Crippen LogP contribution < -0.4 is 0 Å². The van der Waals surface area contributed by atoms with Crippen LogP contribution in [0.5, 0.6) is 0 Å². The Kier molecular flexibility index (Phi) is 7.77. The van der Waals surface area contributed by atoms with Crippen LogP contribution >= 0.6 is 0 Å². The summed E-state index contributed by atoms with van der Waals surface area (Å²) in [6.07, 6.45) is 22.1. The van der Waals surface area contributed by atoms with E-state index in [0.29, 0.717) is 36.0 Å². The normalized spacial score (nSPS) is 39.8. The van der Waals surface area contributed by atoms with E-state index < -0.39 is 12.2 Å². The lowest BCUT2D eigenvalue weighted by molar-refractivity contribution is 0.0862. The van der Waals surface area contributed by atoms with E-state index in [1.54, 1.807) is 0 Å². The first-order valence-corrected chi connectivity index (χ1v) is 13.7. The van der Waals surface area contributed by atoms with Crippen LogP contribution in [0.4, 0.5) is 0 Å². The lowest BCUT2D eigenvalue weighted by atomic mass is 9.61. The first-order chi connectivity index (χ1) is 16.2. The highest BCUT2D eigenvalue weighted by Gasteiger charge is 2.50. The molecule has 0 saturated heterocycles. The average molecular weight is 467 g/mol. The number of rotatable bonds is 7. The van der Waals surface area contributed by atoms with Gasteiger partial charge in [-0.25, -0.2) is 0 Å². The molecule has 0 aromatic rings. The minimum atomic E-state index is -0.629. The van der Waals surface area contributed by atoms with Gasteiger partial charge in [0, 0.05) is 11.8 Å². The van der Waals surface area contributed by atoms with Gasteiger partial charge in [0.2, 0.25) is 0 Å². The van der Waals surface area contributed by atoms with Crippen molar-refractivity contribution in [2.24, 2.45) is 28.6 Å². The van der Waals surface area contributed by atoms with Crippen molar-refractivity contribution in [3.05, 3.63) is 59.8 Å². The minimum absolute atomic E-state index is 0.00707. The first-order valence-electron chi connectivity index (χ1n) is 13.7. The molecule has 3 N–H and O–H groups in total. The van der Waals surface area contributed by atoms with Gasteiger partial charge < -0.3 is 15.3 Å². The molecule has 3 heteroatoms. The summed E-state index contributed by atoms with van der Waals surface area (Å²) in [5.41, 5.74) is 3.58. The van der Waals surface area contributed by atoms with Gasteiger partial charge in [0.05, 0.1) is 18.3 Å². The Balaban J connectivity index is 1.46. The monoisotopic (exact) mass is 466 g/mol. The molecule has 188 valence electrons. The largest absolute Gasteiger partial charge is 0.393 e. The quantitative estimate of drug-likeness (QED) is 0.379. The molecule has 0 unspecified atom stereocenters. The molecule has 4 fully saturated rings. The fourth-order valence-corrected chi connectivity index (χ4v) is 7.27. The van der Waals surface area contributed by atoms with Gasteiger partial charge in [-0.2, -0.15) is 0 Å². The van der Waals surface area contributed by atoms with E-state index in [2.05, 4.69) is 63.8 Å². The number of hydrogen-bond acceptors (Lipinski definition) is 3. The zero-order valence-electron chi connectivity index (χ0n) is 21.5. The maximum atomic E-state index is 10.9. The highest BCUT2D eigenvalue weighted by Crippen LogP contribution is 2.59. The maximum Gasteiger partial charge on any atom is 0.0811 e. The predicted octanol–water partition coefficient (Wildman–Crippen LogP) is 6.43. The molecule has 7 atom stereocenters. The first kappa shape index (κ1) is 25.7. The van der Waals surface area contributed by atoms with Gasteiger partial charge in [-0.1, -0.05) is 69.4 Å². The zero-order chi connectivity index (χ0) is 24.5. The maximum absolute atomic E-state index is 10.9. The van der Waals surface area contributed by atoms with E-state index in [9.17, 15) is 15.3 Å². The Morgan fingerprint density at radius 3 is 2.59 bits per heavy atom. The molecule has 4 aliphatic carbocycles. The van der Waals surface area contributed by atoms with Crippen LogP contribution in [-0.4, -0.2) is 33.6 Å². The van der Waals surface area contributed by atoms with Crippen LogP contribution in [0.2, 0.25) is 0 Å². The molecule has 0 aromatic carbocycles. The van der Waals surface area contributed by atoms with Crippen molar-refractivity contribution in [2.75, 3.05) is 0 Å². The third-order valence-corrected chi connectivity index (χ3v) is 9.64. The van der Waals surface area contributed by atoms with E-state index in [-0.39, 0.29) is 11.5 Å². The smallest absolute Gasteiger partial charge is 0.0811 e. The summed E-state index contributed by atoms with van der Waals surface area (Å²) in [4.78, 5) is 0. The van der Waals surface area contributed by atoms with E-state index in [0.717, 1.165) is 36.8 Å². The van der Waals surface area contributed by atoms with Gasteiger partial charge in [-0.3, -0.25) is 0 Å². The van der Waals surface area contributed by atoms with Gasteiger partial charge in [-0.05, 0) is 92.1 Å². The number of aliphatic hydroxyl groups excluding tert-OH is 3. The molecule has 0 spiro atoms. The van der Waals surface area contributed by atoms with Crippen molar-refractivity contribution in [2.45, 2.75) is 103 Å². The molecule has 4 rings (SSSR count). The van der Waals surface area contributed by atoms with Crippen molar-refractivity contribution in [1.29, 1.82) is 0 Å². The molecular weight excluding hydrogens is 420 g/mol. The van der Waals surface area contributed by atoms with Crippen LogP contribution in [0.15, 0.2) is 59.8 Å². The summed E-state index contributed by atoms with van der Waals surface area (Å²) >= 11 is 0. The van der Waals surface area contributed by atoms with Crippen LogP contribution in [0.25, 0.3) is 0 Å². The minimum Gasteiger partial charge on any atom is -0.393 e. The summed E-state index contributed by atoms with van der Waals surface area (Å²) in [6.45, 7) is 11.1. The second-order valence-electron chi connectivity index (χ2n) is 11.9. The molecule has 0 aromatic heterocycles. The summed E-state index contributed by atoms with van der Waals surface area (Å²) in [5, 5.41) is 31.1. The van der Waals surface area contributed by atoms with Crippen molar-refractivity contribution in [3.8, 4) is 0 Å². The highest BCUT2D eigenvalue weighted by molar-refractivity contribution is 5.38. The van der Waals surface area contributed by atoms with E-state index in [4.69, 9.17) is 0 Å². The number of hydrogen-bond donors (Lipinski definition) is 3. The molecule has 4 saturated carbocycles. The molecular formula is C31H46O3. The molecule has 0 bridgehead atoms. The summed E-state index contributed by atoms with van der Waals surface area (Å²) < 4.78 is 0. The molecule has 3 nitrogen and oxygen atoms in total. The van der Waals surface area contributed by atoms with E-state index in [1.165, 1.54) is 31.3 Å². The Bertz CT molecular complexity index is 873. The van der Waals surface area contributed by atoms with Gasteiger partial charge in [0.1, 0.15) is 0 Å². The lowest BCUT2D eigenvalue weighted by Crippen LogP contribution is -2.35. The van der Waals surface area contributed by atoms with Gasteiger partial charge in [0.25, 0.3) is 0 Å². The highest BCUT2D eigenvalue weighted by atomic mass is 16.3. The van der Waals surface area contributed by atoms with Crippen molar-refractivity contribution in [3.63, 3.8) is 0 Å². The molecule has 0 heterocycles. The molecule has 0 radical (unpaired) electrons. The standard InChI is InChI=1S/C31H46O3/c1-5-6-16-31(17-18-31)29(34)14-9-21(2)26-12-13-27-23(8-7-15-30(26,27)4)10-11-24-19-25(32)20-28(33)22(24)3/h6,9-11,14,16,21,25-29,32-34H,3,5,7-8,12-13,15,17-20H2,1-2,4H3/t21-,25-,26-,27+,28+,29+,30-/m1/s1. The number of fused-ring (bicyclic) bond motifs is 1. The van der Waals surface area contributed by atoms with Crippen LogP contribution in [-0.2, 0) is 0 Å². The summed E-state index contributed by atoms with van der Waals surface area (Å²) in [5.74, 6) is 1.68. The topological polar surface area (TPSA) is 60.7 Å². The van der Waals surface area contributed by atoms with Crippen molar-refractivity contribution in [1.82, 2.24) is 0 Å². The summed E-state index contributed by atoms with van der Waals surface area (Å²) in [7, 11) is 0. The third-order valence-electron chi connectivity index (χ3n) is 9.64. The third kappa shape index (κ3) is 5.08. The number of aliphatic hydroxyl groups is 3. The van der Waals surface area contributed by atoms with Crippen molar-refractivity contribution < 1.29 is 15.3 Å².